The van der Waals surface area contributed by atoms with E-state index in [1.165, 1.54) is 40.7 Å². The Hall–Kier alpha value is -3.86. The smallest absolute Gasteiger partial charge is 0.186 e. The Morgan fingerprint density at radius 1 is 0.792 bits per heavy atom. The maximum absolute atomic E-state index is 14.1. The SMILES string of the molecule is CO[C@@H]1OC2COC(c3ccccc3)O[C@@H]2[C@H](OCc2cn(-c3ccc(Cl)c(F)c3)nn2)C1OCc1cn(-c2ccc(Cl)c(F)c2)nn1. The molecule has 2 aliphatic heterocycles. The molecule has 2 fully saturated rings. The second-order valence-electron chi connectivity index (χ2n) is 11.0. The van der Waals surface area contributed by atoms with Gasteiger partial charge in [-0.25, -0.2) is 18.1 Å². The normalized spacial score (nSPS) is 24.0. The first-order chi connectivity index (χ1) is 23.4. The summed E-state index contributed by atoms with van der Waals surface area (Å²) in [6.07, 6.45) is -1.07. The molecule has 0 amide bonds. The number of benzene rings is 3. The lowest BCUT2D eigenvalue weighted by atomic mass is 9.97. The molecule has 0 N–H and O–H groups in total. The summed E-state index contributed by atoms with van der Waals surface area (Å²) < 4.78 is 68.2. The molecule has 4 heterocycles. The van der Waals surface area contributed by atoms with E-state index in [0.29, 0.717) is 22.8 Å². The van der Waals surface area contributed by atoms with Crippen LogP contribution in [0.25, 0.3) is 11.4 Å². The minimum Gasteiger partial charge on any atom is -0.366 e. The number of aromatic nitrogens is 6. The monoisotopic (exact) mass is 700 g/mol. The van der Waals surface area contributed by atoms with Gasteiger partial charge < -0.3 is 28.4 Å². The molecule has 2 aliphatic rings. The predicted octanol–water partition coefficient (Wildman–Crippen LogP) is 5.39. The van der Waals surface area contributed by atoms with Gasteiger partial charge in [-0.2, -0.15) is 0 Å². The van der Waals surface area contributed by atoms with Crippen molar-refractivity contribution in [2.75, 3.05) is 13.7 Å². The average molecular weight is 702 g/mol. The number of methoxy groups -OCH3 is 1. The van der Waals surface area contributed by atoms with Crippen molar-refractivity contribution >= 4 is 23.2 Å². The highest BCUT2D eigenvalue weighted by atomic mass is 35.5. The molecule has 2 aromatic heterocycles. The molecule has 0 spiro atoms. The van der Waals surface area contributed by atoms with E-state index >= 15 is 0 Å². The van der Waals surface area contributed by atoms with Crippen LogP contribution in [0.2, 0.25) is 10.0 Å². The van der Waals surface area contributed by atoms with Crippen LogP contribution in [0.3, 0.4) is 0 Å². The van der Waals surface area contributed by atoms with Crippen LogP contribution < -0.4 is 0 Å². The lowest BCUT2D eigenvalue weighted by molar-refractivity contribution is -0.369. The van der Waals surface area contributed by atoms with Gasteiger partial charge in [0.2, 0.25) is 0 Å². The number of hydrogen-bond donors (Lipinski definition) is 0. The van der Waals surface area contributed by atoms with Gasteiger partial charge in [-0.1, -0.05) is 64.0 Å². The second-order valence-corrected chi connectivity index (χ2v) is 11.8. The molecule has 6 atom stereocenters. The molecule has 5 aromatic rings. The first kappa shape index (κ1) is 32.7. The highest BCUT2D eigenvalue weighted by Gasteiger charge is 2.51. The van der Waals surface area contributed by atoms with Crippen LogP contribution in [0.15, 0.2) is 79.1 Å². The van der Waals surface area contributed by atoms with Crippen LogP contribution >= 0.6 is 23.2 Å². The van der Waals surface area contributed by atoms with E-state index in [0.717, 1.165) is 5.56 Å². The third-order valence-electron chi connectivity index (χ3n) is 7.85. The molecule has 2 saturated heterocycles. The Bertz CT molecular complexity index is 1870. The Kier molecular flexibility index (Phi) is 9.75. The summed E-state index contributed by atoms with van der Waals surface area (Å²) in [6, 6.07) is 18.2. The van der Waals surface area contributed by atoms with Gasteiger partial charge in [-0.15, -0.1) is 10.2 Å². The molecule has 12 nitrogen and oxygen atoms in total. The van der Waals surface area contributed by atoms with E-state index in [1.54, 1.807) is 24.5 Å². The van der Waals surface area contributed by atoms with E-state index in [-0.39, 0.29) is 29.9 Å². The van der Waals surface area contributed by atoms with Gasteiger partial charge in [-0.3, -0.25) is 0 Å². The summed E-state index contributed by atoms with van der Waals surface area (Å²) in [6.45, 7) is 0.192. The molecule has 3 aromatic carbocycles. The van der Waals surface area contributed by atoms with Crippen LogP contribution in [-0.2, 0) is 41.6 Å². The van der Waals surface area contributed by atoms with Gasteiger partial charge in [0.05, 0.1) is 53.6 Å². The van der Waals surface area contributed by atoms with Gasteiger partial charge in [-0.05, 0) is 24.3 Å². The highest BCUT2D eigenvalue weighted by Crippen LogP contribution is 2.37. The molecule has 0 saturated carbocycles. The second kappa shape index (κ2) is 14.3. The third-order valence-corrected chi connectivity index (χ3v) is 8.47. The van der Waals surface area contributed by atoms with Gasteiger partial charge in [0.25, 0.3) is 0 Å². The first-order valence-electron chi connectivity index (χ1n) is 14.8. The molecule has 16 heteroatoms. The minimum atomic E-state index is -0.871. The molecule has 3 unspecified atom stereocenters. The van der Waals surface area contributed by atoms with Gasteiger partial charge >= 0.3 is 0 Å². The Morgan fingerprint density at radius 2 is 1.38 bits per heavy atom. The van der Waals surface area contributed by atoms with E-state index in [9.17, 15) is 8.78 Å². The first-order valence-corrected chi connectivity index (χ1v) is 15.6. The molecule has 7 rings (SSSR count). The quantitative estimate of drug-likeness (QED) is 0.188. The van der Waals surface area contributed by atoms with Crippen molar-refractivity contribution in [1.82, 2.24) is 30.0 Å². The van der Waals surface area contributed by atoms with E-state index < -0.39 is 48.6 Å². The van der Waals surface area contributed by atoms with Gasteiger partial charge in [0, 0.05) is 24.8 Å². The van der Waals surface area contributed by atoms with Crippen molar-refractivity contribution in [3.63, 3.8) is 0 Å². The van der Waals surface area contributed by atoms with Crippen molar-refractivity contribution in [2.45, 2.75) is 50.2 Å². The largest absolute Gasteiger partial charge is 0.366 e. The van der Waals surface area contributed by atoms with Gasteiger partial charge in [0.1, 0.15) is 47.4 Å². The van der Waals surface area contributed by atoms with E-state index in [2.05, 4.69) is 20.6 Å². The fourth-order valence-electron chi connectivity index (χ4n) is 5.48. The van der Waals surface area contributed by atoms with Gasteiger partial charge in [0.15, 0.2) is 12.6 Å². The van der Waals surface area contributed by atoms with E-state index in [1.807, 2.05) is 30.3 Å². The fraction of sp³-hybridized carbons (Fsp3) is 0.312. The number of ether oxygens (including phenoxy) is 6. The number of rotatable bonds is 10. The number of hydrogen-bond acceptors (Lipinski definition) is 10. The molecule has 0 aliphatic carbocycles. The highest BCUT2D eigenvalue weighted by molar-refractivity contribution is 6.31. The van der Waals surface area contributed by atoms with E-state index in [4.69, 9.17) is 51.6 Å². The van der Waals surface area contributed by atoms with Crippen LogP contribution in [-0.4, -0.2) is 74.4 Å². The van der Waals surface area contributed by atoms with Crippen molar-refractivity contribution in [1.29, 1.82) is 0 Å². The Morgan fingerprint density at radius 3 is 1.94 bits per heavy atom. The Labute approximate surface area is 283 Å². The molecular formula is C32H28Cl2F2N6O6. The van der Waals surface area contributed by atoms with Crippen molar-refractivity contribution in [3.8, 4) is 11.4 Å². The third kappa shape index (κ3) is 6.97. The fourth-order valence-corrected chi connectivity index (χ4v) is 5.72. The Balaban J connectivity index is 1.12. The topological polar surface area (TPSA) is 117 Å². The van der Waals surface area contributed by atoms with Crippen molar-refractivity contribution in [2.24, 2.45) is 0 Å². The summed E-state index contributed by atoms with van der Waals surface area (Å²) in [7, 11) is 1.50. The molecule has 48 heavy (non-hydrogen) atoms. The van der Waals surface area contributed by atoms with Crippen LogP contribution in [0.4, 0.5) is 8.78 Å². The minimum absolute atomic E-state index is 0.000864. The van der Waals surface area contributed by atoms with Crippen LogP contribution in [0, 0.1) is 11.6 Å². The zero-order chi connectivity index (χ0) is 33.2. The van der Waals surface area contributed by atoms with Crippen molar-refractivity contribution in [3.05, 3.63) is 118 Å². The molecular weight excluding hydrogens is 673 g/mol. The summed E-state index contributed by atoms with van der Waals surface area (Å²) in [4.78, 5) is 0. The zero-order valence-electron chi connectivity index (χ0n) is 25.2. The van der Waals surface area contributed by atoms with Crippen LogP contribution in [0.1, 0.15) is 23.2 Å². The predicted molar refractivity (Wildman–Crippen MR) is 165 cm³/mol. The standard InChI is InChI=1S/C32H28Cl2F2N6O6/c1-43-32-30(45-16-20-14-42(40-38-20)22-8-10-24(34)26(36)12-22)29(28-27(47-32)17-46-31(48-28)18-5-3-2-4-6-18)44-15-19-13-41(39-37-19)21-7-9-23(33)25(35)11-21/h2-14,27-32H,15-17H2,1H3/t27?,28-,29-,30?,31?,32+/m0/s1. The lowest BCUT2D eigenvalue weighted by Crippen LogP contribution is -2.63. The number of nitrogens with zero attached hydrogens (tertiary/aromatic N) is 6. The summed E-state index contributed by atoms with van der Waals surface area (Å²) in [5.41, 5.74) is 2.62. The number of fused-ring (bicyclic) bond motifs is 1. The average Bonchev–Trinajstić information content (AvgIpc) is 3.79. The summed E-state index contributed by atoms with van der Waals surface area (Å²) in [5.74, 6) is -1.16. The maximum Gasteiger partial charge on any atom is 0.186 e. The summed E-state index contributed by atoms with van der Waals surface area (Å²) in [5, 5.41) is 16.6. The molecule has 0 radical (unpaired) electrons. The van der Waals surface area contributed by atoms with Crippen molar-refractivity contribution < 1.29 is 37.2 Å². The molecule has 0 bridgehead atoms. The number of halogens is 4. The zero-order valence-corrected chi connectivity index (χ0v) is 26.7. The summed E-state index contributed by atoms with van der Waals surface area (Å²) >= 11 is 11.7. The maximum atomic E-state index is 14.1. The molecule has 250 valence electrons. The lowest BCUT2D eigenvalue weighted by Gasteiger charge is -2.48. The van der Waals surface area contributed by atoms with Crippen LogP contribution in [0.5, 0.6) is 0 Å².